The Balaban J connectivity index is 2.01. The van der Waals surface area contributed by atoms with Gasteiger partial charge in [0.25, 0.3) is 0 Å². The number of pyridine rings is 1. The fourth-order valence-corrected chi connectivity index (χ4v) is 2.52. The molecule has 0 aliphatic rings. The van der Waals surface area contributed by atoms with Crippen LogP contribution in [0.25, 0.3) is 22.3 Å². The lowest BCUT2D eigenvalue weighted by Gasteiger charge is -2.21. The van der Waals surface area contributed by atoms with Gasteiger partial charge in [-0.1, -0.05) is 6.92 Å². The molecule has 0 aromatic carbocycles. The lowest BCUT2D eigenvalue weighted by molar-refractivity contribution is 0.776. The summed E-state index contributed by atoms with van der Waals surface area (Å²) in [5, 5.41) is 8.25. The van der Waals surface area contributed by atoms with E-state index < -0.39 is 0 Å². The minimum Gasteiger partial charge on any atom is -0.356 e. The van der Waals surface area contributed by atoms with Gasteiger partial charge in [-0.25, -0.2) is 4.98 Å². The molecule has 22 heavy (non-hydrogen) atoms. The molecule has 0 radical (unpaired) electrons. The molecule has 6 nitrogen and oxygen atoms in total. The predicted octanol–water partition coefficient (Wildman–Crippen LogP) is 2.96. The predicted molar refractivity (Wildman–Crippen MR) is 87.8 cm³/mol. The molecular weight excluding hydrogens is 276 g/mol. The van der Waals surface area contributed by atoms with Crippen molar-refractivity contribution in [2.24, 2.45) is 0 Å². The lowest BCUT2D eigenvalue weighted by atomic mass is 10.2. The molecule has 6 heteroatoms. The lowest BCUT2D eigenvalue weighted by Crippen LogP contribution is -2.24. The van der Waals surface area contributed by atoms with E-state index in [0.717, 1.165) is 53.3 Å². The Morgan fingerprint density at radius 1 is 1.14 bits per heavy atom. The number of fused-ring (bicyclic) bond motifs is 1. The van der Waals surface area contributed by atoms with Crippen molar-refractivity contribution in [3.8, 4) is 11.4 Å². The van der Waals surface area contributed by atoms with Gasteiger partial charge in [-0.05, 0) is 26.3 Å². The van der Waals surface area contributed by atoms with Crippen molar-refractivity contribution in [1.82, 2.24) is 25.1 Å². The molecule has 3 rings (SSSR count). The number of hydrogen-bond donors (Lipinski definition) is 1. The molecule has 1 N–H and O–H groups in total. The van der Waals surface area contributed by atoms with Crippen LogP contribution >= 0.6 is 0 Å². The van der Waals surface area contributed by atoms with Gasteiger partial charge in [-0.2, -0.15) is 5.10 Å². The first-order valence-corrected chi connectivity index (χ1v) is 7.61. The number of nitrogens with zero attached hydrogens (tertiary/aromatic N) is 5. The maximum atomic E-state index is 4.72. The second kappa shape index (κ2) is 6.09. The highest BCUT2D eigenvalue weighted by atomic mass is 15.2. The summed E-state index contributed by atoms with van der Waals surface area (Å²) in [6.45, 7) is 8.18. The van der Waals surface area contributed by atoms with Gasteiger partial charge in [0.2, 0.25) is 0 Å². The molecule has 3 aromatic rings. The molecule has 0 fully saturated rings. The highest BCUT2D eigenvalue weighted by molar-refractivity contribution is 5.83. The maximum absolute atomic E-state index is 4.72. The largest absolute Gasteiger partial charge is 0.356 e. The van der Waals surface area contributed by atoms with Crippen molar-refractivity contribution in [2.45, 2.75) is 27.2 Å². The maximum Gasteiger partial charge on any atom is 0.147 e. The molecule has 3 aromatic heterocycles. The number of aryl methyl sites for hydroxylation is 1. The van der Waals surface area contributed by atoms with Crippen molar-refractivity contribution in [3.63, 3.8) is 0 Å². The van der Waals surface area contributed by atoms with Gasteiger partial charge < -0.3 is 4.90 Å². The zero-order chi connectivity index (χ0) is 15.5. The van der Waals surface area contributed by atoms with Crippen molar-refractivity contribution in [2.75, 3.05) is 18.0 Å². The Morgan fingerprint density at radius 2 is 2.00 bits per heavy atom. The molecule has 0 atom stereocenters. The molecule has 0 unspecified atom stereocenters. The molecular formula is C16H20N6. The Labute approximate surface area is 129 Å². The van der Waals surface area contributed by atoms with E-state index >= 15 is 0 Å². The average Bonchev–Trinajstić information content (AvgIpc) is 2.93. The highest BCUT2D eigenvalue weighted by Crippen LogP contribution is 2.22. The number of anilines is 1. The van der Waals surface area contributed by atoms with Crippen LogP contribution in [-0.2, 0) is 0 Å². The summed E-state index contributed by atoms with van der Waals surface area (Å²) in [6, 6.07) is 2.01. The quantitative estimate of drug-likeness (QED) is 0.783. The summed E-state index contributed by atoms with van der Waals surface area (Å²) >= 11 is 0. The van der Waals surface area contributed by atoms with Crippen molar-refractivity contribution in [3.05, 3.63) is 30.4 Å². The number of aromatic nitrogens is 5. The molecule has 114 valence electrons. The van der Waals surface area contributed by atoms with Crippen LogP contribution in [0.4, 0.5) is 5.82 Å². The zero-order valence-electron chi connectivity index (χ0n) is 13.2. The van der Waals surface area contributed by atoms with Gasteiger partial charge in [0.15, 0.2) is 0 Å². The first-order valence-electron chi connectivity index (χ1n) is 7.61. The average molecular weight is 296 g/mol. The van der Waals surface area contributed by atoms with Crippen LogP contribution in [0.3, 0.4) is 0 Å². The molecule has 0 aliphatic heterocycles. The summed E-state index contributed by atoms with van der Waals surface area (Å²) in [7, 11) is 0. The summed E-state index contributed by atoms with van der Waals surface area (Å²) in [5.41, 5.74) is 3.50. The van der Waals surface area contributed by atoms with Crippen molar-refractivity contribution < 1.29 is 0 Å². The van der Waals surface area contributed by atoms with Gasteiger partial charge in [0.1, 0.15) is 17.0 Å². The highest BCUT2D eigenvalue weighted by Gasteiger charge is 2.10. The molecule has 0 spiro atoms. The number of aromatic amines is 1. The third-order valence-electron chi connectivity index (χ3n) is 3.71. The normalized spacial score (nSPS) is 11.0. The number of nitrogens with one attached hydrogen (secondary N) is 1. The summed E-state index contributed by atoms with van der Waals surface area (Å²) in [5.74, 6) is 0.896. The minimum atomic E-state index is 0.787. The first kappa shape index (κ1) is 14.4. The van der Waals surface area contributed by atoms with Gasteiger partial charge in [-0.15, -0.1) is 0 Å². The van der Waals surface area contributed by atoms with Crippen LogP contribution < -0.4 is 4.90 Å². The topological polar surface area (TPSA) is 70.6 Å². The Morgan fingerprint density at radius 3 is 2.77 bits per heavy atom. The Bertz CT molecular complexity index is 779. The fraction of sp³-hybridized carbons (Fsp3) is 0.375. The van der Waals surface area contributed by atoms with Crippen molar-refractivity contribution >= 4 is 16.7 Å². The smallest absolute Gasteiger partial charge is 0.147 e. The zero-order valence-corrected chi connectivity index (χ0v) is 13.2. The number of rotatable bonds is 5. The molecule has 0 amide bonds. The summed E-state index contributed by atoms with van der Waals surface area (Å²) < 4.78 is 0. The van der Waals surface area contributed by atoms with Crippen LogP contribution in [0.2, 0.25) is 0 Å². The second-order valence-electron chi connectivity index (χ2n) is 5.28. The number of hydrogen-bond acceptors (Lipinski definition) is 5. The van der Waals surface area contributed by atoms with E-state index in [9.17, 15) is 0 Å². The molecule has 0 saturated carbocycles. The molecule has 0 saturated heterocycles. The first-order chi connectivity index (χ1) is 10.7. The van der Waals surface area contributed by atoms with Crippen LogP contribution in [0.15, 0.2) is 24.7 Å². The third kappa shape index (κ3) is 2.64. The SMILES string of the molecule is CCCN(CC)c1cncc(-c2cc3c(C)[nH]nc3cn2)n1. The molecule has 3 heterocycles. The van der Waals surface area contributed by atoms with E-state index in [1.165, 1.54) is 0 Å². The number of H-pyrrole nitrogens is 1. The minimum absolute atomic E-state index is 0.787. The van der Waals surface area contributed by atoms with E-state index in [0.29, 0.717) is 0 Å². The van der Waals surface area contributed by atoms with Crippen LogP contribution in [-0.4, -0.2) is 38.2 Å². The summed E-state index contributed by atoms with van der Waals surface area (Å²) in [4.78, 5) is 15.7. The fourth-order valence-electron chi connectivity index (χ4n) is 2.52. The monoisotopic (exact) mass is 296 g/mol. The molecule has 0 bridgehead atoms. The van der Waals surface area contributed by atoms with Crippen LogP contribution in [0, 0.1) is 6.92 Å². The third-order valence-corrected chi connectivity index (χ3v) is 3.71. The van der Waals surface area contributed by atoms with E-state index in [1.54, 1.807) is 12.4 Å². The summed E-state index contributed by atoms with van der Waals surface area (Å²) in [6.07, 6.45) is 6.42. The Hall–Kier alpha value is -2.50. The van der Waals surface area contributed by atoms with E-state index in [1.807, 2.05) is 19.2 Å². The van der Waals surface area contributed by atoms with Gasteiger partial charge in [-0.3, -0.25) is 15.1 Å². The van der Waals surface area contributed by atoms with Gasteiger partial charge in [0, 0.05) is 24.2 Å². The standard InChI is InChI=1S/C16H20N6/c1-4-6-22(5-2)16-10-17-8-15(19-16)13-7-12-11(3)20-21-14(12)9-18-13/h7-10H,4-6H2,1-3H3,(H,20,21). The van der Waals surface area contributed by atoms with Gasteiger partial charge >= 0.3 is 0 Å². The van der Waals surface area contributed by atoms with E-state index in [2.05, 4.69) is 38.9 Å². The van der Waals surface area contributed by atoms with E-state index in [-0.39, 0.29) is 0 Å². The van der Waals surface area contributed by atoms with Crippen molar-refractivity contribution in [1.29, 1.82) is 0 Å². The second-order valence-corrected chi connectivity index (χ2v) is 5.28. The van der Waals surface area contributed by atoms with E-state index in [4.69, 9.17) is 4.98 Å². The van der Waals surface area contributed by atoms with Crippen LogP contribution in [0.5, 0.6) is 0 Å². The molecule has 0 aliphatic carbocycles. The van der Waals surface area contributed by atoms with Gasteiger partial charge in [0.05, 0.1) is 24.3 Å². The van der Waals surface area contributed by atoms with Crippen LogP contribution in [0.1, 0.15) is 26.0 Å². The Kier molecular flexibility index (Phi) is 4.00.